The summed E-state index contributed by atoms with van der Waals surface area (Å²) in [5, 5.41) is 13.9. The zero-order valence-electron chi connectivity index (χ0n) is 11.8. The van der Waals surface area contributed by atoms with Crippen LogP contribution in [0.5, 0.6) is 0 Å². The fourth-order valence-corrected chi connectivity index (χ4v) is 1.72. The molecule has 0 atom stereocenters. The van der Waals surface area contributed by atoms with E-state index in [9.17, 15) is 14.4 Å². The predicted molar refractivity (Wildman–Crippen MR) is 80.9 cm³/mol. The molecule has 0 bridgehead atoms. The summed E-state index contributed by atoms with van der Waals surface area (Å²) < 4.78 is 0.870. The van der Waals surface area contributed by atoms with Crippen LogP contribution in [0, 0.1) is 0 Å². The van der Waals surface area contributed by atoms with Crippen LogP contribution >= 0.6 is 15.9 Å². The van der Waals surface area contributed by atoms with E-state index in [0.29, 0.717) is 5.56 Å². The van der Waals surface area contributed by atoms with Gasteiger partial charge in [-0.3, -0.25) is 9.59 Å². The van der Waals surface area contributed by atoms with E-state index < -0.39 is 17.4 Å². The van der Waals surface area contributed by atoms with Crippen molar-refractivity contribution in [2.75, 3.05) is 6.54 Å². The Morgan fingerprint density at radius 2 is 1.76 bits per heavy atom. The van der Waals surface area contributed by atoms with Crippen molar-refractivity contribution in [3.8, 4) is 0 Å². The number of halogens is 1. The number of hydrogen-bond donors (Lipinski definition) is 3. The van der Waals surface area contributed by atoms with Crippen molar-refractivity contribution in [2.45, 2.75) is 25.8 Å². The molecular weight excluding hydrogens is 340 g/mol. The highest BCUT2D eigenvalue weighted by atomic mass is 79.9. The van der Waals surface area contributed by atoms with Crippen LogP contribution in [-0.4, -0.2) is 35.0 Å². The summed E-state index contributed by atoms with van der Waals surface area (Å²) in [6.45, 7) is 2.93. The molecule has 114 valence electrons. The van der Waals surface area contributed by atoms with E-state index in [1.165, 1.54) is 13.8 Å². The van der Waals surface area contributed by atoms with Crippen LogP contribution in [0.25, 0.3) is 0 Å². The molecule has 0 heterocycles. The fourth-order valence-electron chi connectivity index (χ4n) is 1.46. The lowest BCUT2D eigenvalue weighted by Crippen LogP contribution is -2.50. The van der Waals surface area contributed by atoms with E-state index in [0.717, 1.165) is 4.47 Å². The van der Waals surface area contributed by atoms with Gasteiger partial charge in [-0.15, -0.1) is 0 Å². The number of carboxylic acid groups (broad SMARTS) is 1. The van der Waals surface area contributed by atoms with E-state index in [1.807, 2.05) is 0 Å². The van der Waals surface area contributed by atoms with Gasteiger partial charge in [-0.1, -0.05) is 15.9 Å². The molecular formula is C14H17BrN2O4. The van der Waals surface area contributed by atoms with Crippen molar-refractivity contribution in [3.63, 3.8) is 0 Å². The molecule has 0 aliphatic heterocycles. The Balaban J connectivity index is 2.40. The summed E-state index contributed by atoms with van der Waals surface area (Å²) in [4.78, 5) is 34.2. The molecule has 0 saturated heterocycles. The number of benzene rings is 1. The molecule has 6 nitrogen and oxygen atoms in total. The molecule has 3 N–H and O–H groups in total. The standard InChI is InChI=1S/C14H17BrN2O4/c1-14(2,13(20)21)17-11(18)7-8-16-12(19)9-3-5-10(15)6-4-9/h3-6H,7-8H2,1-2H3,(H,16,19)(H,17,18)(H,20,21). The number of hydrogen-bond acceptors (Lipinski definition) is 3. The molecule has 7 heteroatoms. The third-order valence-corrected chi connectivity index (χ3v) is 3.26. The molecule has 2 amide bonds. The zero-order chi connectivity index (χ0) is 16.0. The summed E-state index contributed by atoms with van der Waals surface area (Å²) in [5.74, 6) is -1.83. The molecule has 1 aromatic carbocycles. The lowest BCUT2D eigenvalue weighted by atomic mass is 10.1. The van der Waals surface area contributed by atoms with Gasteiger partial charge < -0.3 is 15.7 Å². The highest BCUT2D eigenvalue weighted by Gasteiger charge is 2.28. The van der Waals surface area contributed by atoms with Gasteiger partial charge in [-0.25, -0.2) is 4.79 Å². The molecule has 0 radical (unpaired) electrons. The van der Waals surface area contributed by atoms with Crippen LogP contribution in [-0.2, 0) is 9.59 Å². The molecule has 0 spiro atoms. The summed E-state index contributed by atoms with van der Waals surface area (Å²) >= 11 is 3.27. The van der Waals surface area contributed by atoms with E-state index in [1.54, 1.807) is 24.3 Å². The third kappa shape index (κ3) is 5.55. The van der Waals surface area contributed by atoms with E-state index in [-0.39, 0.29) is 18.9 Å². The second-order valence-corrected chi connectivity index (χ2v) is 5.91. The largest absolute Gasteiger partial charge is 0.480 e. The number of carbonyl (C=O) groups is 3. The van der Waals surface area contributed by atoms with Crippen LogP contribution in [0.2, 0.25) is 0 Å². The number of carbonyl (C=O) groups excluding carboxylic acids is 2. The molecule has 0 saturated carbocycles. The van der Waals surface area contributed by atoms with Gasteiger partial charge in [0, 0.05) is 23.0 Å². The number of aliphatic carboxylic acids is 1. The Kier molecular flexibility index (Phi) is 5.90. The van der Waals surface area contributed by atoms with E-state index in [2.05, 4.69) is 26.6 Å². The second kappa shape index (κ2) is 7.21. The van der Waals surface area contributed by atoms with Crippen molar-refractivity contribution in [1.82, 2.24) is 10.6 Å². The molecule has 0 unspecified atom stereocenters. The highest BCUT2D eigenvalue weighted by molar-refractivity contribution is 9.10. The van der Waals surface area contributed by atoms with E-state index in [4.69, 9.17) is 5.11 Å². The Bertz CT molecular complexity index is 540. The first-order valence-electron chi connectivity index (χ1n) is 6.30. The Labute approximate surface area is 131 Å². The monoisotopic (exact) mass is 356 g/mol. The number of amides is 2. The van der Waals surface area contributed by atoms with Gasteiger partial charge in [0.25, 0.3) is 5.91 Å². The van der Waals surface area contributed by atoms with Crippen LogP contribution in [0.15, 0.2) is 28.7 Å². The van der Waals surface area contributed by atoms with Crippen molar-refractivity contribution < 1.29 is 19.5 Å². The molecule has 0 aliphatic carbocycles. The number of nitrogens with one attached hydrogen (secondary N) is 2. The predicted octanol–water partition coefficient (Wildman–Crippen LogP) is 1.55. The second-order valence-electron chi connectivity index (χ2n) is 4.99. The average Bonchev–Trinajstić information content (AvgIpc) is 2.38. The minimum Gasteiger partial charge on any atom is -0.480 e. The molecule has 1 aromatic rings. The summed E-state index contributed by atoms with van der Waals surface area (Å²) in [6, 6.07) is 6.81. The van der Waals surface area contributed by atoms with Crippen molar-refractivity contribution in [1.29, 1.82) is 0 Å². The van der Waals surface area contributed by atoms with Gasteiger partial charge in [0.1, 0.15) is 5.54 Å². The first-order valence-corrected chi connectivity index (χ1v) is 7.10. The van der Waals surface area contributed by atoms with Crippen molar-refractivity contribution >= 4 is 33.7 Å². The van der Waals surface area contributed by atoms with Gasteiger partial charge in [-0.2, -0.15) is 0 Å². The minimum atomic E-state index is -1.33. The van der Waals surface area contributed by atoms with Crippen molar-refractivity contribution in [3.05, 3.63) is 34.3 Å². The van der Waals surface area contributed by atoms with Crippen LogP contribution in [0.1, 0.15) is 30.6 Å². The first kappa shape index (κ1) is 17.2. The SMILES string of the molecule is CC(C)(NC(=O)CCNC(=O)c1ccc(Br)cc1)C(=O)O. The van der Waals surface area contributed by atoms with Crippen LogP contribution in [0.3, 0.4) is 0 Å². The number of carboxylic acids is 1. The topological polar surface area (TPSA) is 95.5 Å². The number of rotatable bonds is 6. The molecule has 0 aromatic heterocycles. The lowest BCUT2D eigenvalue weighted by Gasteiger charge is -2.20. The Hall–Kier alpha value is -1.89. The van der Waals surface area contributed by atoms with Gasteiger partial charge in [0.2, 0.25) is 5.91 Å². The first-order chi connectivity index (χ1) is 9.72. The quantitative estimate of drug-likeness (QED) is 0.720. The Morgan fingerprint density at radius 3 is 2.29 bits per heavy atom. The maximum atomic E-state index is 11.8. The average molecular weight is 357 g/mol. The molecule has 0 aliphatic rings. The van der Waals surface area contributed by atoms with Crippen LogP contribution in [0.4, 0.5) is 0 Å². The van der Waals surface area contributed by atoms with Gasteiger partial charge in [-0.05, 0) is 38.1 Å². The van der Waals surface area contributed by atoms with Gasteiger partial charge in [0.15, 0.2) is 0 Å². The zero-order valence-corrected chi connectivity index (χ0v) is 13.4. The molecule has 21 heavy (non-hydrogen) atoms. The minimum absolute atomic E-state index is 0.0129. The van der Waals surface area contributed by atoms with Crippen LogP contribution < -0.4 is 10.6 Å². The fraction of sp³-hybridized carbons (Fsp3) is 0.357. The normalized spacial score (nSPS) is 10.8. The van der Waals surface area contributed by atoms with Crippen molar-refractivity contribution in [2.24, 2.45) is 0 Å². The maximum absolute atomic E-state index is 11.8. The lowest BCUT2D eigenvalue weighted by molar-refractivity contribution is -0.146. The molecule has 1 rings (SSSR count). The third-order valence-electron chi connectivity index (χ3n) is 2.73. The molecule has 0 fully saturated rings. The van der Waals surface area contributed by atoms with E-state index >= 15 is 0 Å². The highest BCUT2D eigenvalue weighted by Crippen LogP contribution is 2.10. The van der Waals surface area contributed by atoms with Gasteiger partial charge >= 0.3 is 5.97 Å². The summed E-state index contributed by atoms with van der Waals surface area (Å²) in [5.41, 5.74) is -0.836. The summed E-state index contributed by atoms with van der Waals surface area (Å²) in [6.07, 6.45) is 0.0129. The smallest absolute Gasteiger partial charge is 0.328 e. The maximum Gasteiger partial charge on any atom is 0.328 e. The Morgan fingerprint density at radius 1 is 1.19 bits per heavy atom. The summed E-state index contributed by atoms with van der Waals surface area (Å²) in [7, 11) is 0. The van der Waals surface area contributed by atoms with Gasteiger partial charge in [0.05, 0.1) is 0 Å².